The molecule has 0 aliphatic carbocycles. The molecular weight excluding hydrogens is 657 g/mol. The molecule has 0 saturated carbocycles. The van der Waals surface area contributed by atoms with Gasteiger partial charge in [0.25, 0.3) is 5.91 Å². The normalized spacial score (nSPS) is 10.9. The maximum atomic E-state index is 13.0. The largest absolute Gasteiger partial charge is 0.487 e. The first-order chi connectivity index (χ1) is 23.0. The Hall–Kier alpha value is -5.13. The number of fused-ring (bicyclic) bond motifs is 1. The summed E-state index contributed by atoms with van der Waals surface area (Å²) < 4.78 is 11.2. The van der Waals surface area contributed by atoms with Gasteiger partial charge in [-0.3, -0.25) is 19.2 Å². The summed E-state index contributed by atoms with van der Waals surface area (Å²) in [5, 5.41) is 9.52. The highest BCUT2D eigenvalue weighted by atomic mass is 35.5. The van der Waals surface area contributed by atoms with Gasteiger partial charge in [-0.25, -0.2) is 4.98 Å². The number of nitrogens with one attached hydrogen (secondary N) is 3. The molecule has 0 unspecified atom stereocenters. The molecule has 3 aromatic carbocycles. The molecule has 0 bridgehead atoms. The Balaban J connectivity index is 1.42. The molecule has 0 fully saturated rings. The van der Waals surface area contributed by atoms with Crippen LogP contribution in [0.25, 0.3) is 17.0 Å². The molecule has 48 heavy (non-hydrogen) atoms. The van der Waals surface area contributed by atoms with Crippen LogP contribution >= 0.6 is 23.2 Å². The van der Waals surface area contributed by atoms with Crippen molar-refractivity contribution in [1.82, 2.24) is 15.6 Å². The first-order valence-electron chi connectivity index (χ1n) is 15.0. The zero-order valence-electron chi connectivity index (χ0n) is 26.9. The van der Waals surface area contributed by atoms with Gasteiger partial charge in [0.1, 0.15) is 24.4 Å². The number of aryl methyl sites for hydroxylation is 1. The van der Waals surface area contributed by atoms with E-state index >= 15 is 0 Å². The zero-order chi connectivity index (χ0) is 34.8. The number of esters is 1. The van der Waals surface area contributed by atoms with E-state index in [0.29, 0.717) is 56.7 Å². The molecule has 0 aliphatic heterocycles. The molecule has 0 atom stereocenters. The number of benzene rings is 3. The number of halogens is 2. The van der Waals surface area contributed by atoms with Gasteiger partial charge in [0.2, 0.25) is 11.8 Å². The van der Waals surface area contributed by atoms with E-state index in [2.05, 4.69) is 20.9 Å². The third-order valence-electron chi connectivity index (χ3n) is 7.17. The third kappa shape index (κ3) is 9.02. The first-order valence-corrected chi connectivity index (χ1v) is 15.7. The van der Waals surface area contributed by atoms with Crippen molar-refractivity contribution in [3.63, 3.8) is 0 Å². The number of rotatable bonds is 13. The lowest BCUT2D eigenvalue weighted by molar-refractivity contribution is -0.140. The standard InChI is InChI=1S/C35H35Cl2N5O6/c1-5-47-32(45)19-39-27-17-21(2)41-34-24(27)7-6-8-29(34)48-20-25-26(36)14-15-28(33(25)37)42(4)31(44)18-40-30(43)16-11-22-9-12-23(13-10-22)35(46)38-3/h6-17H,5,18-20H2,1-4H3,(H,38,46)(H,39,41)(H,40,43)/b16-11+. The van der Waals surface area contributed by atoms with Crippen molar-refractivity contribution >= 4 is 75.2 Å². The van der Waals surface area contributed by atoms with E-state index < -0.39 is 11.8 Å². The van der Waals surface area contributed by atoms with Gasteiger partial charge < -0.3 is 30.3 Å². The second-order valence-electron chi connectivity index (χ2n) is 10.5. The SMILES string of the molecule is CCOC(=O)CNc1cc(C)nc2c(OCc3c(Cl)ccc(N(C)C(=O)CNC(=O)/C=C/c4ccc(C(=O)NC)cc4)c3Cl)cccc12. The average Bonchev–Trinajstić information content (AvgIpc) is 3.08. The fourth-order valence-corrected chi connectivity index (χ4v) is 5.26. The lowest BCUT2D eigenvalue weighted by atomic mass is 10.1. The fraction of sp³-hybridized carbons (Fsp3) is 0.229. The molecule has 0 aliphatic rings. The van der Waals surface area contributed by atoms with Crippen molar-refractivity contribution in [2.24, 2.45) is 0 Å². The number of nitrogens with zero attached hydrogens (tertiary/aromatic N) is 2. The van der Waals surface area contributed by atoms with E-state index in [1.807, 2.05) is 25.1 Å². The van der Waals surface area contributed by atoms with Crippen LogP contribution in [0.5, 0.6) is 5.75 Å². The molecule has 0 spiro atoms. The molecule has 4 aromatic rings. The Labute approximate surface area is 288 Å². The van der Waals surface area contributed by atoms with Gasteiger partial charge in [-0.1, -0.05) is 47.5 Å². The van der Waals surface area contributed by atoms with Crippen molar-refractivity contribution in [2.45, 2.75) is 20.5 Å². The van der Waals surface area contributed by atoms with Crippen LogP contribution in [0.2, 0.25) is 10.0 Å². The van der Waals surface area contributed by atoms with E-state index in [1.54, 1.807) is 69.6 Å². The van der Waals surface area contributed by atoms with Crippen LogP contribution in [0, 0.1) is 6.92 Å². The minimum absolute atomic E-state index is 0.00200. The Kier molecular flexibility index (Phi) is 12.4. The van der Waals surface area contributed by atoms with Crippen molar-refractivity contribution in [3.05, 3.63) is 99.2 Å². The predicted molar refractivity (Wildman–Crippen MR) is 188 cm³/mol. The summed E-state index contributed by atoms with van der Waals surface area (Å²) in [7, 11) is 3.09. The number of carbonyl (C=O) groups is 4. The molecule has 1 heterocycles. The van der Waals surface area contributed by atoms with Crippen molar-refractivity contribution in [1.29, 1.82) is 0 Å². The Morgan fingerprint density at radius 2 is 1.75 bits per heavy atom. The minimum atomic E-state index is -0.471. The van der Waals surface area contributed by atoms with Gasteiger partial charge in [-0.2, -0.15) is 0 Å². The highest BCUT2D eigenvalue weighted by molar-refractivity contribution is 6.38. The molecule has 4 rings (SSSR count). The van der Waals surface area contributed by atoms with Crippen LogP contribution in [0.15, 0.2) is 66.7 Å². The topological polar surface area (TPSA) is 139 Å². The summed E-state index contributed by atoms with van der Waals surface area (Å²) >= 11 is 13.3. The summed E-state index contributed by atoms with van der Waals surface area (Å²) in [6.07, 6.45) is 2.88. The smallest absolute Gasteiger partial charge is 0.325 e. The molecule has 11 nitrogen and oxygen atoms in total. The van der Waals surface area contributed by atoms with Crippen molar-refractivity contribution < 1.29 is 28.7 Å². The number of hydrogen-bond acceptors (Lipinski definition) is 8. The molecule has 1 aromatic heterocycles. The predicted octanol–water partition coefficient (Wildman–Crippen LogP) is 5.56. The van der Waals surface area contributed by atoms with E-state index in [9.17, 15) is 19.2 Å². The number of ether oxygens (including phenoxy) is 2. The molecule has 13 heteroatoms. The first kappa shape index (κ1) is 35.7. The van der Waals surface area contributed by atoms with Gasteiger partial charge in [0.05, 0.1) is 23.9 Å². The zero-order valence-corrected chi connectivity index (χ0v) is 28.4. The van der Waals surface area contributed by atoms with Crippen LogP contribution in [0.3, 0.4) is 0 Å². The maximum absolute atomic E-state index is 13.0. The number of carbonyl (C=O) groups excluding carboxylic acids is 4. The third-order valence-corrected chi connectivity index (χ3v) is 7.95. The maximum Gasteiger partial charge on any atom is 0.325 e. The second-order valence-corrected chi connectivity index (χ2v) is 11.3. The number of likely N-dealkylation sites (N-methyl/N-ethyl adjacent to an activating group) is 1. The van der Waals surface area contributed by atoms with Crippen LogP contribution in [-0.4, -0.2) is 62.5 Å². The highest BCUT2D eigenvalue weighted by Gasteiger charge is 2.20. The molecule has 3 N–H and O–H groups in total. The Morgan fingerprint density at radius 1 is 1.00 bits per heavy atom. The summed E-state index contributed by atoms with van der Waals surface area (Å²) in [5.41, 5.74) is 4.03. The van der Waals surface area contributed by atoms with Gasteiger partial charge >= 0.3 is 5.97 Å². The second kappa shape index (κ2) is 16.6. The monoisotopic (exact) mass is 691 g/mol. The lowest BCUT2D eigenvalue weighted by Gasteiger charge is -2.21. The fourth-order valence-electron chi connectivity index (χ4n) is 4.66. The van der Waals surface area contributed by atoms with Gasteiger partial charge in [-0.05, 0) is 61.9 Å². The average molecular weight is 693 g/mol. The van der Waals surface area contributed by atoms with E-state index in [1.165, 1.54) is 11.0 Å². The van der Waals surface area contributed by atoms with Crippen LogP contribution in [-0.2, 0) is 25.7 Å². The van der Waals surface area contributed by atoms with Crippen LogP contribution < -0.4 is 25.6 Å². The van der Waals surface area contributed by atoms with Gasteiger partial charge in [0.15, 0.2) is 0 Å². The number of pyridine rings is 1. The summed E-state index contributed by atoms with van der Waals surface area (Å²) in [6.45, 7) is 3.56. The number of anilines is 2. The molecule has 3 amide bonds. The number of amides is 3. The summed E-state index contributed by atoms with van der Waals surface area (Å²) in [5.74, 6) is -1.00. The summed E-state index contributed by atoms with van der Waals surface area (Å²) in [6, 6.07) is 17.2. The molecule has 250 valence electrons. The Morgan fingerprint density at radius 3 is 2.46 bits per heavy atom. The lowest BCUT2D eigenvalue weighted by Crippen LogP contribution is -2.37. The highest BCUT2D eigenvalue weighted by Crippen LogP contribution is 2.36. The minimum Gasteiger partial charge on any atom is -0.487 e. The van der Waals surface area contributed by atoms with Crippen LogP contribution in [0.1, 0.15) is 34.1 Å². The number of aromatic nitrogens is 1. The molecular formula is C35H35Cl2N5O6. The van der Waals surface area contributed by atoms with E-state index in [0.717, 1.165) is 5.39 Å². The molecule has 0 saturated heterocycles. The Bertz CT molecular complexity index is 1860. The van der Waals surface area contributed by atoms with E-state index in [4.69, 9.17) is 32.7 Å². The number of hydrogen-bond donors (Lipinski definition) is 3. The summed E-state index contributed by atoms with van der Waals surface area (Å²) in [4.78, 5) is 55.0. The number of para-hydroxylation sites is 1. The van der Waals surface area contributed by atoms with E-state index in [-0.39, 0.29) is 36.6 Å². The van der Waals surface area contributed by atoms with Crippen molar-refractivity contribution in [2.75, 3.05) is 44.0 Å². The molecule has 0 radical (unpaired) electrons. The van der Waals surface area contributed by atoms with Gasteiger partial charge in [-0.15, -0.1) is 0 Å². The quantitative estimate of drug-likeness (QED) is 0.122. The van der Waals surface area contributed by atoms with Crippen molar-refractivity contribution in [3.8, 4) is 5.75 Å². The van der Waals surface area contributed by atoms with Gasteiger partial charge in [0, 0.05) is 53.1 Å². The van der Waals surface area contributed by atoms with Crippen LogP contribution in [0.4, 0.5) is 11.4 Å².